The Balaban J connectivity index is 2.46. The van der Waals surface area contributed by atoms with Crippen molar-refractivity contribution in [2.75, 3.05) is 7.11 Å². The minimum atomic E-state index is -1.03. The lowest BCUT2D eigenvalue weighted by atomic mass is 10.1. The molecule has 0 saturated carbocycles. The van der Waals surface area contributed by atoms with E-state index in [4.69, 9.17) is 5.11 Å². The second kappa shape index (κ2) is 4.97. The highest BCUT2D eigenvalue weighted by atomic mass is 32.1. The van der Waals surface area contributed by atoms with Crippen LogP contribution in [0.3, 0.4) is 0 Å². The monoisotopic (exact) mass is 263 g/mol. The Morgan fingerprint density at radius 2 is 2.22 bits per heavy atom. The number of carboxylic acids is 1. The van der Waals surface area contributed by atoms with Crippen LogP contribution in [-0.4, -0.2) is 29.1 Å². The maximum absolute atomic E-state index is 11.3. The lowest BCUT2D eigenvalue weighted by Gasteiger charge is -2.01. The number of pyridine rings is 1. The van der Waals surface area contributed by atoms with Gasteiger partial charge >= 0.3 is 11.9 Å². The van der Waals surface area contributed by atoms with Gasteiger partial charge in [-0.05, 0) is 23.1 Å². The summed E-state index contributed by atoms with van der Waals surface area (Å²) in [4.78, 5) is 26.7. The second-order valence-corrected chi connectivity index (χ2v) is 4.33. The first kappa shape index (κ1) is 12.3. The molecule has 2 aromatic rings. The molecule has 5 nitrogen and oxygen atoms in total. The molecule has 0 spiro atoms. The Hall–Kier alpha value is -2.21. The number of ether oxygens (including phenoxy) is 1. The van der Waals surface area contributed by atoms with E-state index in [0.29, 0.717) is 16.0 Å². The first-order valence-electron chi connectivity index (χ1n) is 4.98. The molecular weight excluding hydrogens is 254 g/mol. The van der Waals surface area contributed by atoms with Crippen LogP contribution in [0.1, 0.15) is 20.0 Å². The molecule has 2 heterocycles. The Morgan fingerprint density at radius 1 is 1.44 bits per heavy atom. The molecule has 1 N–H and O–H groups in total. The van der Waals surface area contributed by atoms with Crippen molar-refractivity contribution in [2.45, 2.75) is 0 Å². The first-order valence-corrected chi connectivity index (χ1v) is 5.86. The second-order valence-electron chi connectivity index (χ2n) is 3.42. The Morgan fingerprint density at radius 3 is 2.89 bits per heavy atom. The molecule has 92 valence electrons. The van der Waals surface area contributed by atoms with Gasteiger partial charge < -0.3 is 9.84 Å². The molecule has 0 radical (unpaired) electrons. The van der Waals surface area contributed by atoms with Crippen molar-refractivity contribution < 1.29 is 19.4 Å². The van der Waals surface area contributed by atoms with Crippen molar-refractivity contribution in [3.8, 4) is 11.1 Å². The highest BCUT2D eigenvalue weighted by molar-refractivity contribution is 7.12. The number of thiophene rings is 1. The predicted molar refractivity (Wildman–Crippen MR) is 65.8 cm³/mol. The molecule has 0 aliphatic heterocycles. The Labute approximate surface area is 107 Å². The number of carbonyl (C=O) groups excluding carboxylic acids is 1. The summed E-state index contributed by atoms with van der Waals surface area (Å²) in [5, 5.41) is 10.8. The number of carboxylic acid groups (broad SMARTS) is 1. The summed E-state index contributed by atoms with van der Waals surface area (Å²) in [6, 6.07) is 3.02. The van der Waals surface area contributed by atoms with Crippen LogP contribution in [-0.2, 0) is 4.74 Å². The molecule has 0 atom stereocenters. The first-order chi connectivity index (χ1) is 8.63. The van der Waals surface area contributed by atoms with Crippen LogP contribution < -0.4 is 0 Å². The molecular formula is C12H9NO4S. The molecule has 0 aromatic carbocycles. The number of aromatic nitrogens is 1. The molecule has 2 aromatic heterocycles. The summed E-state index contributed by atoms with van der Waals surface area (Å²) in [7, 11) is 1.30. The van der Waals surface area contributed by atoms with Crippen LogP contribution in [0.25, 0.3) is 11.1 Å². The van der Waals surface area contributed by atoms with E-state index < -0.39 is 11.9 Å². The quantitative estimate of drug-likeness (QED) is 0.860. The molecule has 18 heavy (non-hydrogen) atoms. The number of esters is 1. The van der Waals surface area contributed by atoms with Crippen LogP contribution in [0.15, 0.2) is 29.9 Å². The molecule has 0 aliphatic carbocycles. The SMILES string of the molecule is COC(=O)c1cc(-c2cnccc2C(=O)O)cs1. The van der Waals surface area contributed by atoms with E-state index in [1.165, 1.54) is 36.9 Å². The number of nitrogens with zero attached hydrogens (tertiary/aromatic N) is 1. The average Bonchev–Trinajstić information content (AvgIpc) is 2.87. The van der Waals surface area contributed by atoms with Gasteiger partial charge in [-0.2, -0.15) is 0 Å². The van der Waals surface area contributed by atoms with Crippen molar-refractivity contribution in [2.24, 2.45) is 0 Å². The van der Waals surface area contributed by atoms with Gasteiger partial charge in [0.25, 0.3) is 0 Å². The smallest absolute Gasteiger partial charge is 0.348 e. The van der Waals surface area contributed by atoms with Crippen molar-refractivity contribution in [1.29, 1.82) is 0 Å². The maximum atomic E-state index is 11.3. The fourth-order valence-corrected chi connectivity index (χ4v) is 2.32. The number of rotatable bonds is 3. The number of carbonyl (C=O) groups is 2. The third-order valence-corrected chi connectivity index (χ3v) is 3.26. The topological polar surface area (TPSA) is 76.5 Å². The molecule has 6 heteroatoms. The number of hydrogen-bond acceptors (Lipinski definition) is 5. The van der Waals surface area contributed by atoms with Gasteiger partial charge in [0.05, 0.1) is 12.7 Å². The van der Waals surface area contributed by atoms with Crippen molar-refractivity contribution in [3.05, 3.63) is 40.3 Å². The van der Waals surface area contributed by atoms with E-state index >= 15 is 0 Å². The van der Waals surface area contributed by atoms with Crippen LogP contribution >= 0.6 is 11.3 Å². The van der Waals surface area contributed by atoms with Crippen molar-refractivity contribution in [3.63, 3.8) is 0 Å². The van der Waals surface area contributed by atoms with E-state index in [0.717, 1.165) is 0 Å². The fraction of sp³-hybridized carbons (Fsp3) is 0.0833. The van der Waals surface area contributed by atoms with Gasteiger partial charge in [-0.1, -0.05) is 0 Å². The van der Waals surface area contributed by atoms with Gasteiger partial charge in [0, 0.05) is 18.0 Å². The summed E-state index contributed by atoms with van der Waals surface area (Å²) < 4.78 is 4.60. The number of aromatic carboxylic acids is 1. The fourth-order valence-electron chi connectivity index (χ4n) is 1.50. The number of hydrogen-bond donors (Lipinski definition) is 1. The van der Waals surface area contributed by atoms with Crippen LogP contribution in [0.2, 0.25) is 0 Å². The zero-order valence-electron chi connectivity index (χ0n) is 9.41. The van der Waals surface area contributed by atoms with E-state index in [1.807, 2.05) is 0 Å². The van der Waals surface area contributed by atoms with E-state index in [-0.39, 0.29) is 5.56 Å². The van der Waals surface area contributed by atoms with Gasteiger partial charge in [0.1, 0.15) is 4.88 Å². The summed E-state index contributed by atoms with van der Waals surface area (Å²) in [5.41, 5.74) is 1.28. The molecule has 0 saturated heterocycles. The van der Waals surface area contributed by atoms with Crippen molar-refractivity contribution in [1.82, 2.24) is 4.98 Å². The summed E-state index contributed by atoms with van der Waals surface area (Å²) in [6.07, 6.45) is 2.88. The minimum absolute atomic E-state index is 0.152. The van der Waals surface area contributed by atoms with E-state index in [1.54, 1.807) is 11.4 Å². The lowest BCUT2D eigenvalue weighted by molar-refractivity contribution is 0.0605. The Bertz CT molecular complexity index is 606. The zero-order chi connectivity index (χ0) is 13.1. The molecule has 0 aliphatic rings. The Kier molecular flexibility index (Phi) is 3.38. The summed E-state index contributed by atoms with van der Waals surface area (Å²) in [5.74, 6) is -1.47. The highest BCUT2D eigenvalue weighted by Crippen LogP contribution is 2.28. The zero-order valence-corrected chi connectivity index (χ0v) is 10.2. The van der Waals surface area contributed by atoms with Gasteiger partial charge in [-0.25, -0.2) is 9.59 Å². The molecule has 0 unspecified atom stereocenters. The van der Waals surface area contributed by atoms with Crippen molar-refractivity contribution >= 4 is 23.3 Å². The third kappa shape index (κ3) is 2.23. The van der Waals surface area contributed by atoms with Gasteiger partial charge in [0.2, 0.25) is 0 Å². The largest absolute Gasteiger partial charge is 0.478 e. The number of methoxy groups -OCH3 is 1. The minimum Gasteiger partial charge on any atom is -0.478 e. The molecule has 0 fully saturated rings. The van der Waals surface area contributed by atoms with Crippen LogP contribution in [0, 0.1) is 0 Å². The highest BCUT2D eigenvalue weighted by Gasteiger charge is 2.15. The van der Waals surface area contributed by atoms with Gasteiger partial charge in [0.15, 0.2) is 0 Å². The van der Waals surface area contributed by atoms with E-state index in [9.17, 15) is 9.59 Å². The summed E-state index contributed by atoms with van der Waals surface area (Å²) in [6.45, 7) is 0. The maximum Gasteiger partial charge on any atom is 0.348 e. The van der Waals surface area contributed by atoms with Crippen LogP contribution in [0.5, 0.6) is 0 Å². The normalized spacial score (nSPS) is 10.1. The predicted octanol–water partition coefficient (Wildman–Crippen LogP) is 2.29. The van der Waals surface area contributed by atoms with E-state index in [2.05, 4.69) is 9.72 Å². The van der Waals surface area contributed by atoms with Gasteiger partial charge in [-0.3, -0.25) is 4.98 Å². The summed E-state index contributed by atoms with van der Waals surface area (Å²) >= 11 is 1.20. The third-order valence-electron chi connectivity index (χ3n) is 2.35. The standard InChI is InChI=1S/C12H9NO4S/c1-17-12(16)10-4-7(6-18-10)9-5-13-3-2-8(9)11(14)15/h2-6H,1H3,(H,14,15). The molecule has 2 rings (SSSR count). The lowest BCUT2D eigenvalue weighted by Crippen LogP contribution is -2.00. The molecule has 0 amide bonds. The average molecular weight is 263 g/mol. The van der Waals surface area contributed by atoms with Crippen LogP contribution in [0.4, 0.5) is 0 Å². The van der Waals surface area contributed by atoms with Gasteiger partial charge in [-0.15, -0.1) is 11.3 Å². The molecule has 0 bridgehead atoms.